The Labute approximate surface area is 116 Å². The average Bonchev–Trinajstić information content (AvgIpc) is 2.38. The van der Waals surface area contributed by atoms with Crippen LogP contribution in [0.3, 0.4) is 0 Å². The molecule has 0 N–H and O–H groups in total. The number of halogens is 2. The molecule has 0 aliphatic carbocycles. The van der Waals surface area contributed by atoms with E-state index >= 15 is 0 Å². The number of carbonyl (C=O) groups excluding carboxylic acids is 1. The molecule has 0 saturated heterocycles. The van der Waals surface area contributed by atoms with E-state index in [1.54, 1.807) is 12.1 Å². The van der Waals surface area contributed by atoms with Gasteiger partial charge in [0.25, 0.3) is 0 Å². The van der Waals surface area contributed by atoms with Crippen molar-refractivity contribution >= 4 is 23.1 Å². The van der Waals surface area contributed by atoms with Crippen LogP contribution in [0.15, 0.2) is 42.5 Å². The molecule has 0 unspecified atom stereocenters. The maximum absolute atomic E-state index is 13.7. The van der Waals surface area contributed by atoms with Crippen LogP contribution in [-0.4, -0.2) is 19.9 Å². The van der Waals surface area contributed by atoms with E-state index in [-0.39, 0.29) is 16.4 Å². The first-order valence-electron chi connectivity index (χ1n) is 5.76. The SMILES string of the molecule is CN(C)c1ccc(C(=O)c2ccc(Cl)cc2F)cc1. The molecule has 0 aliphatic heterocycles. The van der Waals surface area contributed by atoms with Gasteiger partial charge in [0.1, 0.15) is 5.82 Å². The summed E-state index contributed by atoms with van der Waals surface area (Å²) in [5.41, 5.74) is 1.46. The standard InChI is InChI=1S/C15H13ClFNO/c1-18(2)12-6-3-10(4-7-12)15(19)13-8-5-11(16)9-14(13)17/h3-9H,1-2H3. The molecular weight excluding hydrogens is 265 g/mol. The molecular formula is C15H13ClFNO. The molecule has 0 fully saturated rings. The molecule has 2 aromatic rings. The van der Waals surface area contributed by atoms with Crippen molar-refractivity contribution in [1.29, 1.82) is 0 Å². The van der Waals surface area contributed by atoms with E-state index in [2.05, 4.69) is 0 Å². The van der Waals surface area contributed by atoms with Crippen LogP contribution in [0, 0.1) is 5.82 Å². The lowest BCUT2D eigenvalue weighted by Crippen LogP contribution is -2.09. The second kappa shape index (κ2) is 5.41. The zero-order valence-corrected chi connectivity index (χ0v) is 11.4. The number of nitrogens with zero attached hydrogens (tertiary/aromatic N) is 1. The highest BCUT2D eigenvalue weighted by Crippen LogP contribution is 2.19. The Hall–Kier alpha value is -1.87. The molecule has 2 aromatic carbocycles. The first-order chi connectivity index (χ1) is 8.99. The van der Waals surface area contributed by atoms with Gasteiger partial charge in [-0.2, -0.15) is 0 Å². The summed E-state index contributed by atoms with van der Waals surface area (Å²) >= 11 is 5.67. The molecule has 2 rings (SSSR count). The van der Waals surface area contributed by atoms with Crippen molar-refractivity contribution in [1.82, 2.24) is 0 Å². The van der Waals surface area contributed by atoms with Gasteiger partial charge in [0.05, 0.1) is 5.56 Å². The zero-order chi connectivity index (χ0) is 14.0. The Morgan fingerprint density at radius 2 is 1.74 bits per heavy atom. The second-order valence-corrected chi connectivity index (χ2v) is 4.83. The largest absolute Gasteiger partial charge is 0.378 e. The number of anilines is 1. The zero-order valence-electron chi connectivity index (χ0n) is 10.7. The molecule has 0 aliphatic rings. The number of benzene rings is 2. The molecule has 0 aromatic heterocycles. The maximum Gasteiger partial charge on any atom is 0.195 e. The topological polar surface area (TPSA) is 20.3 Å². The Balaban J connectivity index is 2.33. The van der Waals surface area contributed by atoms with Gasteiger partial charge in [0, 0.05) is 30.4 Å². The summed E-state index contributed by atoms with van der Waals surface area (Å²) in [6.07, 6.45) is 0. The summed E-state index contributed by atoms with van der Waals surface area (Å²) in [4.78, 5) is 14.1. The van der Waals surface area contributed by atoms with Gasteiger partial charge >= 0.3 is 0 Å². The third-order valence-electron chi connectivity index (χ3n) is 2.82. The normalized spacial score (nSPS) is 10.3. The number of hydrogen-bond acceptors (Lipinski definition) is 2. The van der Waals surface area contributed by atoms with Gasteiger partial charge in [0.2, 0.25) is 0 Å². The fourth-order valence-corrected chi connectivity index (χ4v) is 1.90. The fourth-order valence-electron chi connectivity index (χ4n) is 1.74. The summed E-state index contributed by atoms with van der Waals surface area (Å²) in [5.74, 6) is -0.950. The van der Waals surface area contributed by atoms with E-state index in [1.807, 2.05) is 31.1 Å². The highest BCUT2D eigenvalue weighted by atomic mass is 35.5. The molecule has 4 heteroatoms. The Morgan fingerprint density at radius 3 is 2.26 bits per heavy atom. The monoisotopic (exact) mass is 277 g/mol. The van der Waals surface area contributed by atoms with E-state index < -0.39 is 5.82 Å². The third kappa shape index (κ3) is 2.93. The van der Waals surface area contributed by atoms with E-state index in [0.717, 1.165) is 11.8 Å². The van der Waals surface area contributed by atoms with Gasteiger partial charge in [-0.3, -0.25) is 4.79 Å². The molecule has 0 spiro atoms. The van der Waals surface area contributed by atoms with E-state index in [0.29, 0.717) is 5.56 Å². The second-order valence-electron chi connectivity index (χ2n) is 4.39. The molecule has 0 saturated carbocycles. The van der Waals surface area contributed by atoms with E-state index in [1.165, 1.54) is 12.1 Å². The van der Waals surface area contributed by atoms with Crippen LogP contribution in [0.1, 0.15) is 15.9 Å². The van der Waals surface area contributed by atoms with Gasteiger partial charge in [-0.05, 0) is 42.5 Å². The summed E-state index contributed by atoms with van der Waals surface area (Å²) in [6.45, 7) is 0. The minimum Gasteiger partial charge on any atom is -0.378 e. The lowest BCUT2D eigenvalue weighted by molar-refractivity contribution is 0.103. The average molecular weight is 278 g/mol. The first kappa shape index (κ1) is 13.6. The predicted molar refractivity (Wildman–Crippen MR) is 75.6 cm³/mol. The van der Waals surface area contributed by atoms with Crippen molar-refractivity contribution in [3.8, 4) is 0 Å². The van der Waals surface area contributed by atoms with Crippen LogP contribution >= 0.6 is 11.6 Å². The number of carbonyl (C=O) groups is 1. The molecule has 2 nitrogen and oxygen atoms in total. The maximum atomic E-state index is 13.7. The third-order valence-corrected chi connectivity index (χ3v) is 3.06. The van der Waals surface area contributed by atoms with Crippen molar-refractivity contribution in [2.24, 2.45) is 0 Å². The van der Waals surface area contributed by atoms with Crippen molar-refractivity contribution in [2.75, 3.05) is 19.0 Å². The molecule has 0 atom stereocenters. The predicted octanol–water partition coefficient (Wildman–Crippen LogP) is 3.78. The van der Waals surface area contributed by atoms with E-state index in [9.17, 15) is 9.18 Å². The highest BCUT2D eigenvalue weighted by molar-refractivity contribution is 6.30. The first-order valence-corrected chi connectivity index (χ1v) is 6.14. The van der Waals surface area contributed by atoms with Crippen LogP contribution in [0.5, 0.6) is 0 Å². The minimum absolute atomic E-state index is 0.0296. The van der Waals surface area contributed by atoms with Crippen molar-refractivity contribution in [2.45, 2.75) is 0 Å². The van der Waals surface area contributed by atoms with Crippen LogP contribution < -0.4 is 4.90 Å². The summed E-state index contributed by atoms with van der Waals surface area (Å²) in [5, 5.41) is 0.275. The molecule has 0 radical (unpaired) electrons. The quantitative estimate of drug-likeness (QED) is 0.796. The Bertz CT molecular complexity index is 608. The van der Waals surface area contributed by atoms with Crippen molar-refractivity contribution < 1.29 is 9.18 Å². The number of hydrogen-bond donors (Lipinski definition) is 0. The van der Waals surface area contributed by atoms with Crippen LogP contribution in [0.4, 0.5) is 10.1 Å². The smallest absolute Gasteiger partial charge is 0.195 e. The van der Waals surface area contributed by atoms with Gasteiger partial charge in [0.15, 0.2) is 5.78 Å². The Morgan fingerprint density at radius 1 is 1.11 bits per heavy atom. The molecule has 19 heavy (non-hydrogen) atoms. The molecule has 0 amide bonds. The lowest BCUT2D eigenvalue weighted by Gasteiger charge is -2.12. The van der Waals surface area contributed by atoms with Crippen molar-refractivity contribution in [3.63, 3.8) is 0 Å². The van der Waals surface area contributed by atoms with Gasteiger partial charge in [-0.25, -0.2) is 4.39 Å². The highest BCUT2D eigenvalue weighted by Gasteiger charge is 2.14. The summed E-state index contributed by atoms with van der Waals surface area (Å²) in [6, 6.07) is 11.1. The van der Waals surface area contributed by atoms with Crippen molar-refractivity contribution in [3.05, 3.63) is 64.4 Å². The van der Waals surface area contributed by atoms with Gasteiger partial charge in [-0.15, -0.1) is 0 Å². The fraction of sp³-hybridized carbons (Fsp3) is 0.133. The molecule has 98 valence electrons. The summed E-state index contributed by atoms with van der Waals surface area (Å²) in [7, 11) is 3.82. The minimum atomic E-state index is -0.603. The van der Waals surface area contributed by atoms with Gasteiger partial charge in [-0.1, -0.05) is 11.6 Å². The van der Waals surface area contributed by atoms with Crippen LogP contribution in [0.2, 0.25) is 5.02 Å². The Kier molecular flexibility index (Phi) is 3.86. The number of rotatable bonds is 3. The summed E-state index contributed by atoms with van der Waals surface area (Å²) < 4.78 is 13.7. The molecule has 0 bridgehead atoms. The van der Waals surface area contributed by atoms with Gasteiger partial charge < -0.3 is 4.90 Å². The lowest BCUT2D eigenvalue weighted by atomic mass is 10.0. The van der Waals surface area contributed by atoms with E-state index in [4.69, 9.17) is 11.6 Å². The number of ketones is 1. The molecule has 0 heterocycles. The van der Waals surface area contributed by atoms with Crippen LogP contribution in [0.25, 0.3) is 0 Å². The van der Waals surface area contributed by atoms with Crippen LogP contribution in [-0.2, 0) is 0 Å².